The second kappa shape index (κ2) is 10.1. The SMILES string of the molecule is CCN(C(=O)Cn1c(C(=O)N[C@H]2CC[C@H](C)CC2)cc2sccc21)c1cccc(C(C)C)c1. The van der Waals surface area contributed by atoms with E-state index in [-0.39, 0.29) is 24.4 Å². The maximum Gasteiger partial charge on any atom is 0.268 e. The van der Waals surface area contributed by atoms with Crippen molar-refractivity contribution in [2.24, 2.45) is 5.92 Å². The summed E-state index contributed by atoms with van der Waals surface area (Å²) < 4.78 is 2.93. The molecule has 0 aliphatic heterocycles. The van der Waals surface area contributed by atoms with Crippen molar-refractivity contribution >= 4 is 39.1 Å². The summed E-state index contributed by atoms with van der Waals surface area (Å²) in [5, 5.41) is 5.25. The molecule has 0 spiro atoms. The van der Waals surface area contributed by atoms with Gasteiger partial charge in [-0.3, -0.25) is 9.59 Å². The average molecular weight is 466 g/mol. The minimum atomic E-state index is -0.0735. The van der Waals surface area contributed by atoms with Crippen LogP contribution >= 0.6 is 11.3 Å². The van der Waals surface area contributed by atoms with E-state index in [4.69, 9.17) is 0 Å². The summed E-state index contributed by atoms with van der Waals surface area (Å²) in [6.07, 6.45) is 4.36. The first-order valence-electron chi connectivity index (χ1n) is 12.1. The number of benzene rings is 1. The van der Waals surface area contributed by atoms with Crippen LogP contribution in [-0.2, 0) is 11.3 Å². The summed E-state index contributed by atoms with van der Waals surface area (Å²) in [6, 6.07) is 12.3. The predicted molar refractivity (Wildman–Crippen MR) is 137 cm³/mol. The smallest absolute Gasteiger partial charge is 0.268 e. The second-order valence-electron chi connectivity index (χ2n) is 9.60. The molecule has 0 unspecified atom stereocenters. The highest BCUT2D eigenvalue weighted by atomic mass is 32.1. The normalized spacial score (nSPS) is 18.6. The van der Waals surface area contributed by atoms with E-state index >= 15 is 0 Å². The molecule has 2 aromatic heterocycles. The summed E-state index contributed by atoms with van der Waals surface area (Å²) in [7, 11) is 0. The number of rotatable bonds is 7. The maximum absolute atomic E-state index is 13.5. The van der Waals surface area contributed by atoms with Gasteiger partial charge in [0.25, 0.3) is 5.91 Å². The summed E-state index contributed by atoms with van der Waals surface area (Å²) in [4.78, 5) is 28.5. The van der Waals surface area contributed by atoms with Gasteiger partial charge in [0, 0.05) is 18.3 Å². The molecular formula is C27H35N3O2S. The number of nitrogens with zero attached hydrogens (tertiary/aromatic N) is 2. The predicted octanol–water partition coefficient (Wildman–Crippen LogP) is 6.19. The van der Waals surface area contributed by atoms with E-state index in [9.17, 15) is 9.59 Å². The molecule has 0 saturated heterocycles. The highest BCUT2D eigenvalue weighted by Crippen LogP contribution is 2.28. The molecule has 1 fully saturated rings. The average Bonchev–Trinajstić information content (AvgIpc) is 3.39. The molecule has 1 N–H and O–H groups in total. The molecule has 0 atom stereocenters. The van der Waals surface area contributed by atoms with Crippen LogP contribution in [0.15, 0.2) is 41.8 Å². The number of nitrogens with one attached hydrogen (secondary N) is 1. The Bertz CT molecular complexity index is 1120. The van der Waals surface area contributed by atoms with Gasteiger partial charge in [0.05, 0.1) is 10.2 Å². The maximum atomic E-state index is 13.5. The van der Waals surface area contributed by atoms with Crippen LogP contribution in [0, 0.1) is 5.92 Å². The van der Waals surface area contributed by atoms with Crippen LogP contribution in [-0.4, -0.2) is 29.0 Å². The van der Waals surface area contributed by atoms with Crippen LogP contribution in [0.3, 0.4) is 0 Å². The lowest BCUT2D eigenvalue weighted by Crippen LogP contribution is -2.39. The third-order valence-electron chi connectivity index (χ3n) is 6.87. The third kappa shape index (κ3) is 5.16. The molecule has 4 rings (SSSR count). The van der Waals surface area contributed by atoms with Crippen LogP contribution < -0.4 is 10.2 Å². The van der Waals surface area contributed by atoms with E-state index in [1.807, 2.05) is 46.0 Å². The first kappa shape index (κ1) is 23.6. The van der Waals surface area contributed by atoms with Crippen molar-refractivity contribution in [1.82, 2.24) is 9.88 Å². The van der Waals surface area contributed by atoms with Crippen molar-refractivity contribution in [3.63, 3.8) is 0 Å². The Balaban J connectivity index is 1.57. The van der Waals surface area contributed by atoms with E-state index < -0.39 is 0 Å². The fourth-order valence-corrected chi connectivity index (χ4v) is 5.60. The highest BCUT2D eigenvalue weighted by Gasteiger charge is 2.25. The van der Waals surface area contributed by atoms with Crippen molar-refractivity contribution in [2.45, 2.75) is 71.9 Å². The lowest BCUT2D eigenvalue weighted by Gasteiger charge is -2.27. The molecule has 0 radical (unpaired) electrons. The quantitative estimate of drug-likeness (QED) is 0.452. The minimum absolute atomic E-state index is 0.0114. The number of thiophene rings is 1. The molecule has 33 heavy (non-hydrogen) atoms. The number of carbonyl (C=O) groups is 2. The van der Waals surface area contributed by atoms with Gasteiger partial charge in [-0.1, -0.05) is 32.9 Å². The van der Waals surface area contributed by atoms with E-state index in [1.165, 1.54) is 5.56 Å². The molecule has 3 aromatic rings. The number of hydrogen-bond acceptors (Lipinski definition) is 3. The van der Waals surface area contributed by atoms with Crippen molar-refractivity contribution < 1.29 is 9.59 Å². The Hall–Kier alpha value is -2.60. The van der Waals surface area contributed by atoms with Gasteiger partial charge in [0.15, 0.2) is 0 Å². The Morgan fingerprint density at radius 3 is 2.61 bits per heavy atom. The summed E-state index contributed by atoms with van der Waals surface area (Å²) in [6.45, 7) is 9.30. The lowest BCUT2D eigenvalue weighted by molar-refractivity contribution is -0.119. The summed E-state index contributed by atoms with van der Waals surface area (Å²) in [5.41, 5.74) is 3.64. The Kier molecular flexibility index (Phi) is 7.23. The fourth-order valence-electron chi connectivity index (χ4n) is 4.77. The molecule has 6 heteroatoms. The topological polar surface area (TPSA) is 54.3 Å². The van der Waals surface area contributed by atoms with Gasteiger partial charge in [-0.15, -0.1) is 11.3 Å². The summed E-state index contributed by atoms with van der Waals surface area (Å²) >= 11 is 1.60. The molecule has 1 aromatic carbocycles. The summed E-state index contributed by atoms with van der Waals surface area (Å²) in [5.74, 6) is 1.05. The van der Waals surface area contributed by atoms with Crippen molar-refractivity contribution in [1.29, 1.82) is 0 Å². The molecular weight excluding hydrogens is 430 g/mol. The van der Waals surface area contributed by atoms with Gasteiger partial charge >= 0.3 is 0 Å². The molecule has 2 amide bonds. The first-order valence-corrected chi connectivity index (χ1v) is 13.0. The van der Waals surface area contributed by atoms with Gasteiger partial charge < -0.3 is 14.8 Å². The van der Waals surface area contributed by atoms with Crippen molar-refractivity contribution in [2.75, 3.05) is 11.4 Å². The van der Waals surface area contributed by atoms with E-state index in [2.05, 4.69) is 38.2 Å². The number of hydrogen-bond donors (Lipinski definition) is 1. The molecule has 176 valence electrons. The van der Waals surface area contributed by atoms with Crippen LogP contribution in [0.5, 0.6) is 0 Å². The van der Waals surface area contributed by atoms with Crippen LogP contribution in [0.1, 0.15) is 75.3 Å². The minimum Gasteiger partial charge on any atom is -0.348 e. The van der Waals surface area contributed by atoms with Gasteiger partial charge in [0.2, 0.25) is 5.91 Å². The Labute approximate surface area is 200 Å². The fraction of sp³-hybridized carbons (Fsp3) is 0.481. The number of aromatic nitrogens is 1. The van der Waals surface area contributed by atoms with E-state index in [0.717, 1.165) is 47.5 Å². The monoisotopic (exact) mass is 465 g/mol. The number of likely N-dealkylation sites (N-methyl/N-ethyl adjacent to an activating group) is 1. The highest BCUT2D eigenvalue weighted by molar-refractivity contribution is 7.17. The molecule has 1 aliphatic rings. The third-order valence-corrected chi connectivity index (χ3v) is 7.72. The Morgan fingerprint density at radius 1 is 1.15 bits per heavy atom. The zero-order chi connectivity index (χ0) is 23.5. The van der Waals surface area contributed by atoms with Crippen LogP contribution in [0.2, 0.25) is 0 Å². The van der Waals surface area contributed by atoms with Gasteiger partial charge in [-0.05, 0) is 79.7 Å². The number of anilines is 1. The number of carbonyl (C=O) groups excluding carboxylic acids is 2. The molecule has 1 saturated carbocycles. The molecule has 1 aliphatic carbocycles. The van der Waals surface area contributed by atoms with Crippen LogP contribution in [0.4, 0.5) is 5.69 Å². The van der Waals surface area contributed by atoms with Crippen molar-refractivity contribution in [3.8, 4) is 0 Å². The Morgan fingerprint density at radius 2 is 1.91 bits per heavy atom. The van der Waals surface area contributed by atoms with Crippen molar-refractivity contribution in [3.05, 3.63) is 53.0 Å². The standard InChI is InChI=1S/C27H35N3O2S/c1-5-29(22-8-6-7-20(15-22)18(2)3)26(31)17-30-23-13-14-33-25(23)16-24(30)27(32)28-21-11-9-19(4)10-12-21/h6-8,13-16,18-19,21H,5,9-12,17H2,1-4H3,(H,28,32)/t19-,21-. The zero-order valence-corrected chi connectivity index (χ0v) is 21.0. The van der Waals surface area contributed by atoms with Gasteiger partial charge in [0.1, 0.15) is 12.2 Å². The largest absolute Gasteiger partial charge is 0.348 e. The van der Waals surface area contributed by atoms with Gasteiger partial charge in [-0.25, -0.2) is 0 Å². The van der Waals surface area contributed by atoms with Gasteiger partial charge in [-0.2, -0.15) is 0 Å². The second-order valence-corrected chi connectivity index (χ2v) is 10.6. The van der Waals surface area contributed by atoms with E-state index in [0.29, 0.717) is 18.2 Å². The van der Waals surface area contributed by atoms with E-state index in [1.54, 1.807) is 11.3 Å². The van der Waals surface area contributed by atoms with Crippen LogP contribution in [0.25, 0.3) is 10.2 Å². The lowest BCUT2D eigenvalue weighted by atomic mass is 9.87. The zero-order valence-electron chi connectivity index (χ0n) is 20.1. The first-order chi connectivity index (χ1) is 15.9. The number of amides is 2. The molecule has 0 bridgehead atoms. The molecule has 5 nitrogen and oxygen atoms in total. The molecule has 2 heterocycles. The number of fused-ring (bicyclic) bond motifs is 1.